The number of thioether (sulfide) groups is 1. The van der Waals surface area contributed by atoms with Crippen LogP contribution in [0.4, 0.5) is 0 Å². The molecule has 1 aromatic carbocycles. The molecule has 1 saturated carbocycles. The number of hydrogen-bond donors (Lipinski definition) is 1. The number of aryl methyl sites for hydroxylation is 2. The van der Waals surface area contributed by atoms with Gasteiger partial charge in [0.2, 0.25) is 0 Å². The smallest absolute Gasteiger partial charge is 0.262 e. The molecule has 0 radical (unpaired) electrons. The van der Waals surface area contributed by atoms with Crippen molar-refractivity contribution in [1.82, 2.24) is 19.5 Å². The first-order valence-corrected chi connectivity index (χ1v) is 12.0. The number of hydrogen-bond acceptors (Lipinski definition) is 6. The van der Waals surface area contributed by atoms with Crippen molar-refractivity contribution in [3.8, 4) is 0 Å². The Labute approximate surface area is 181 Å². The van der Waals surface area contributed by atoms with Crippen LogP contribution < -0.4 is 11.1 Å². The zero-order valence-corrected chi connectivity index (χ0v) is 18.5. The molecule has 3 aromatic heterocycles. The van der Waals surface area contributed by atoms with E-state index >= 15 is 0 Å². The molecule has 154 valence electrons. The number of para-hydroxylation sites is 1. The standard InChI is InChI=1S/C22H22N4O2S2/c1-12-13(2)30-20-18(12)19(27)24-17(25-20)11-29-22-23-16-10-6-5-9-15(16)21(28)26(22)14-7-3-4-8-14/h5-6,9-10,14H,3-4,7-8,11H2,1-2H3,(H,24,25,27). The van der Waals surface area contributed by atoms with Crippen LogP contribution in [-0.2, 0) is 5.75 Å². The highest BCUT2D eigenvalue weighted by molar-refractivity contribution is 7.98. The lowest BCUT2D eigenvalue weighted by Gasteiger charge is -2.18. The van der Waals surface area contributed by atoms with Crippen LogP contribution >= 0.6 is 23.1 Å². The van der Waals surface area contributed by atoms with Crippen molar-refractivity contribution >= 4 is 44.2 Å². The zero-order valence-electron chi connectivity index (χ0n) is 16.9. The lowest BCUT2D eigenvalue weighted by Crippen LogP contribution is -2.26. The summed E-state index contributed by atoms with van der Waals surface area (Å²) in [6.45, 7) is 3.97. The van der Waals surface area contributed by atoms with Gasteiger partial charge < -0.3 is 4.98 Å². The fraction of sp³-hybridized carbons (Fsp3) is 0.364. The first-order valence-electron chi connectivity index (χ1n) is 10.2. The van der Waals surface area contributed by atoms with Gasteiger partial charge in [-0.1, -0.05) is 36.7 Å². The summed E-state index contributed by atoms with van der Waals surface area (Å²) >= 11 is 3.01. The van der Waals surface area contributed by atoms with Crippen LogP contribution in [0.2, 0.25) is 0 Å². The fourth-order valence-electron chi connectivity index (χ4n) is 4.21. The highest BCUT2D eigenvalue weighted by atomic mass is 32.2. The van der Waals surface area contributed by atoms with Gasteiger partial charge in [0.1, 0.15) is 10.7 Å². The first kappa shape index (κ1) is 19.5. The maximum absolute atomic E-state index is 13.3. The molecule has 0 saturated heterocycles. The van der Waals surface area contributed by atoms with Gasteiger partial charge in [-0.05, 0) is 44.4 Å². The van der Waals surface area contributed by atoms with Gasteiger partial charge in [0.15, 0.2) is 5.16 Å². The van der Waals surface area contributed by atoms with E-state index < -0.39 is 0 Å². The second-order valence-electron chi connectivity index (χ2n) is 7.79. The van der Waals surface area contributed by atoms with Crippen molar-refractivity contribution in [2.24, 2.45) is 0 Å². The van der Waals surface area contributed by atoms with Crippen molar-refractivity contribution < 1.29 is 0 Å². The van der Waals surface area contributed by atoms with Gasteiger partial charge in [-0.2, -0.15) is 0 Å². The third-order valence-corrected chi connectivity index (χ3v) is 7.96. The fourth-order valence-corrected chi connectivity index (χ4v) is 6.20. The normalized spacial score (nSPS) is 14.9. The third kappa shape index (κ3) is 3.28. The molecule has 0 atom stereocenters. The second-order valence-corrected chi connectivity index (χ2v) is 9.94. The van der Waals surface area contributed by atoms with Gasteiger partial charge in [0, 0.05) is 10.9 Å². The monoisotopic (exact) mass is 438 g/mol. The SMILES string of the molecule is Cc1sc2nc(CSc3nc4ccccc4c(=O)n3C3CCCC3)[nH]c(=O)c2c1C. The summed E-state index contributed by atoms with van der Waals surface area (Å²) in [4.78, 5) is 40.1. The van der Waals surface area contributed by atoms with E-state index in [9.17, 15) is 9.59 Å². The van der Waals surface area contributed by atoms with Crippen molar-refractivity contribution in [2.45, 2.75) is 56.5 Å². The van der Waals surface area contributed by atoms with Crippen LogP contribution in [0.5, 0.6) is 0 Å². The highest BCUT2D eigenvalue weighted by Gasteiger charge is 2.23. The molecule has 1 fully saturated rings. The van der Waals surface area contributed by atoms with Crippen molar-refractivity contribution in [3.05, 3.63) is 61.2 Å². The minimum Gasteiger partial charge on any atom is -0.309 e. The van der Waals surface area contributed by atoms with Crippen LogP contribution in [0.25, 0.3) is 21.1 Å². The lowest BCUT2D eigenvalue weighted by atomic mass is 10.2. The highest BCUT2D eigenvalue weighted by Crippen LogP contribution is 2.33. The Hall–Kier alpha value is -2.45. The first-order chi connectivity index (χ1) is 14.5. The van der Waals surface area contributed by atoms with E-state index in [1.807, 2.05) is 42.7 Å². The molecule has 0 unspecified atom stereocenters. The van der Waals surface area contributed by atoms with Gasteiger partial charge in [-0.25, -0.2) is 9.97 Å². The van der Waals surface area contributed by atoms with Crippen molar-refractivity contribution in [1.29, 1.82) is 0 Å². The minimum atomic E-state index is -0.0999. The minimum absolute atomic E-state index is 0.0245. The van der Waals surface area contributed by atoms with Crippen LogP contribution in [0, 0.1) is 13.8 Å². The van der Waals surface area contributed by atoms with Gasteiger partial charge in [-0.3, -0.25) is 14.2 Å². The molecular weight excluding hydrogens is 416 g/mol. The molecule has 0 spiro atoms. The van der Waals surface area contributed by atoms with Gasteiger partial charge in [0.25, 0.3) is 11.1 Å². The van der Waals surface area contributed by atoms with E-state index in [1.165, 1.54) is 11.8 Å². The molecule has 30 heavy (non-hydrogen) atoms. The topological polar surface area (TPSA) is 80.6 Å². The number of rotatable bonds is 4. The molecule has 1 aliphatic rings. The van der Waals surface area contributed by atoms with Crippen LogP contribution in [0.15, 0.2) is 39.0 Å². The second kappa shape index (κ2) is 7.67. The van der Waals surface area contributed by atoms with E-state index in [4.69, 9.17) is 4.98 Å². The molecule has 4 aromatic rings. The van der Waals surface area contributed by atoms with Crippen molar-refractivity contribution in [2.75, 3.05) is 0 Å². The summed E-state index contributed by atoms with van der Waals surface area (Å²) in [5, 5.41) is 2.04. The number of nitrogens with one attached hydrogen (secondary N) is 1. The molecule has 0 bridgehead atoms. The largest absolute Gasteiger partial charge is 0.309 e. The molecular formula is C22H22N4O2S2. The summed E-state index contributed by atoms with van der Waals surface area (Å²) in [6.07, 6.45) is 4.28. The average Bonchev–Trinajstić information content (AvgIpc) is 3.35. The molecule has 0 aliphatic heterocycles. The summed E-state index contributed by atoms with van der Waals surface area (Å²) < 4.78 is 1.87. The quantitative estimate of drug-likeness (QED) is 0.368. The van der Waals surface area contributed by atoms with Gasteiger partial charge >= 0.3 is 0 Å². The summed E-state index contributed by atoms with van der Waals surface area (Å²) in [5.74, 6) is 1.07. The van der Waals surface area contributed by atoms with E-state index in [1.54, 1.807) is 11.3 Å². The van der Waals surface area contributed by atoms with E-state index in [-0.39, 0.29) is 17.2 Å². The summed E-state index contributed by atoms with van der Waals surface area (Å²) in [7, 11) is 0. The molecule has 1 aliphatic carbocycles. The van der Waals surface area contributed by atoms with Gasteiger partial charge in [-0.15, -0.1) is 11.3 Å². The maximum Gasteiger partial charge on any atom is 0.262 e. The maximum atomic E-state index is 13.3. The number of aromatic nitrogens is 4. The third-order valence-electron chi connectivity index (χ3n) is 5.89. The number of H-pyrrole nitrogens is 1. The van der Waals surface area contributed by atoms with Gasteiger partial charge in [0.05, 0.1) is 22.0 Å². The lowest BCUT2D eigenvalue weighted by molar-refractivity contribution is 0.457. The molecule has 0 amide bonds. The Morgan fingerprint density at radius 3 is 2.73 bits per heavy atom. The van der Waals surface area contributed by atoms with Crippen LogP contribution in [0.3, 0.4) is 0 Å². The summed E-state index contributed by atoms with van der Waals surface area (Å²) in [6, 6.07) is 7.69. The number of aromatic amines is 1. The Kier molecular flexibility index (Phi) is 4.99. The van der Waals surface area contributed by atoms with Crippen molar-refractivity contribution in [3.63, 3.8) is 0 Å². The molecule has 6 nitrogen and oxygen atoms in total. The Balaban J connectivity index is 1.55. The number of nitrogens with zero attached hydrogens (tertiary/aromatic N) is 3. The van der Waals surface area contributed by atoms with E-state index in [2.05, 4.69) is 9.97 Å². The Morgan fingerprint density at radius 2 is 1.93 bits per heavy atom. The summed E-state index contributed by atoms with van der Waals surface area (Å²) in [5.41, 5.74) is 1.63. The zero-order chi connectivity index (χ0) is 20.8. The Bertz CT molecular complexity index is 1380. The predicted octanol–water partition coefficient (Wildman–Crippen LogP) is 4.72. The van der Waals surface area contributed by atoms with Crippen LogP contribution in [-0.4, -0.2) is 19.5 Å². The molecule has 3 heterocycles. The number of fused-ring (bicyclic) bond motifs is 2. The van der Waals surface area contributed by atoms with E-state index in [0.717, 1.165) is 41.0 Å². The molecule has 5 rings (SSSR count). The molecule has 8 heteroatoms. The average molecular weight is 439 g/mol. The predicted molar refractivity (Wildman–Crippen MR) is 123 cm³/mol. The van der Waals surface area contributed by atoms with Crippen LogP contribution in [0.1, 0.15) is 48.0 Å². The molecule has 1 N–H and O–H groups in total. The van der Waals surface area contributed by atoms with E-state index in [0.29, 0.717) is 33.0 Å². The number of thiophene rings is 1. The Morgan fingerprint density at radius 1 is 1.17 bits per heavy atom. The number of benzene rings is 1.